The molecule has 4 aromatic carbocycles. The van der Waals surface area contributed by atoms with E-state index in [0.717, 1.165) is 18.6 Å². The molecule has 13 nitrogen and oxygen atoms in total. The second-order valence-electron chi connectivity index (χ2n) is 13.1. The summed E-state index contributed by atoms with van der Waals surface area (Å²) in [6, 6.07) is 15.7. The molecule has 2 fully saturated rings. The van der Waals surface area contributed by atoms with Crippen LogP contribution in [0.2, 0.25) is 0 Å². The number of piperidine rings is 1. The van der Waals surface area contributed by atoms with Crippen molar-refractivity contribution < 1.29 is 57.6 Å². The van der Waals surface area contributed by atoms with Crippen molar-refractivity contribution in [3.05, 3.63) is 118 Å². The molecular formula is C41H37FN2O11. The summed E-state index contributed by atoms with van der Waals surface area (Å²) >= 11 is 0. The summed E-state index contributed by atoms with van der Waals surface area (Å²) in [5.74, 6) is -2.33. The maximum absolute atomic E-state index is 14.1. The highest BCUT2D eigenvalue weighted by Gasteiger charge is 2.37. The fourth-order valence-corrected chi connectivity index (χ4v) is 6.89. The Kier molecular flexibility index (Phi) is 12.0. The average Bonchev–Trinajstić information content (AvgIpc) is 3.21. The number of rotatable bonds is 13. The van der Waals surface area contributed by atoms with Gasteiger partial charge in [-0.2, -0.15) is 0 Å². The van der Waals surface area contributed by atoms with Gasteiger partial charge < -0.3 is 34.2 Å². The van der Waals surface area contributed by atoms with Gasteiger partial charge >= 0.3 is 0 Å². The number of ether oxygens (including phenoxy) is 3. The van der Waals surface area contributed by atoms with Crippen LogP contribution < -0.4 is 9.47 Å². The molecule has 14 heteroatoms. The number of hydrogen-bond donors (Lipinski definition) is 2. The van der Waals surface area contributed by atoms with E-state index < -0.39 is 41.6 Å². The normalized spacial score (nSPS) is 18.2. The Hall–Kier alpha value is -6.41. The van der Waals surface area contributed by atoms with Crippen LogP contribution in [0.1, 0.15) is 93.1 Å². The van der Waals surface area contributed by atoms with Gasteiger partial charge in [0.1, 0.15) is 48.1 Å². The maximum Gasteiger partial charge on any atom is 0.255 e. The number of morpholine rings is 1. The highest BCUT2D eigenvalue weighted by atomic mass is 19.1. The number of carbonyl (C=O) groups is 6. The van der Waals surface area contributed by atoms with Gasteiger partial charge in [-0.1, -0.05) is 24.3 Å². The smallest absolute Gasteiger partial charge is 0.255 e. The van der Waals surface area contributed by atoms with E-state index in [1.807, 2.05) is 0 Å². The molecule has 0 saturated carbocycles. The second-order valence-corrected chi connectivity index (χ2v) is 13.1. The lowest BCUT2D eigenvalue weighted by Gasteiger charge is -2.40. The van der Waals surface area contributed by atoms with E-state index in [1.165, 1.54) is 58.3 Å². The Balaban J connectivity index is 1.22. The Morgan fingerprint density at radius 1 is 0.745 bits per heavy atom. The largest absolute Gasteiger partial charge is 0.507 e. The molecule has 2 heterocycles. The number of benzene rings is 4. The van der Waals surface area contributed by atoms with Crippen LogP contribution in [0.3, 0.4) is 0 Å². The Morgan fingerprint density at radius 2 is 1.44 bits per heavy atom. The van der Waals surface area contributed by atoms with E-state index in [1.54, 1.807) is 12.1 Å². The van der Waals surface area contributed by atoms with E-state index in [0.29, 0.717) is 44.5 Å². The molecule has 2 N–H and O–H groups in total. The first-order valence-corrected chi connectivity index (χ1v) is 17.5. The molecule has 4 aromatic rings. The maximum atomic E-state index is 14.1. The van der Waals surface area contributed by atoms with Crippen LogP contribution in [-0.4, -0.2) is 102 Å². The average molecular weight is 753 g/mol. The molecule has 6 rings (SSSR count). The van der Waals surface area contributed by atoms with Crippen molar-refractivity contribution in [3.8, 4) is 23.0 Å². The van der Waals surface area contributed by atoms with Gasteiger partial charge in [0.05, 0.1) is 47.5 Å². The minimum Gasteiger partial charge on any atom is -0.507 e. The molecule has 0 aliphatic carbocycles. The van der Waals surface area contributed by atoms with Crippen LogP contribution >= 0.6 is 0 Å². The molecule has 2 amide bonds. The van der Waals surface area contributed by atoms with Crippen molar-refractivity contribution in [1.82, 2.24) is 9.80 Å². The molecule has 55 heavy (non-hydrogen) atoms. The number of nitrogens with zero attached hydrogens (tertiary/aromatic N) is 2. The SMILES string of the molecule is O=Cc1ccc(F)cc1C(=O)N1CCCC[C@H]1COc1ccc(C2CN(C(=O)c3ccccc3C=O)[C@H](COc3cccc(O)c3C=O)CO2)c(O)c1C=O. The molecule has 2 aliphatic rings. The number of aromatic hydroxyl groups is 2. The van der Waals surface area contributed by atoms with E-state index in [-0.39, 0.29) is 82.6 Å². The van der Waals surface area contributed by atoms with E-state index >= 15 is 0 Å². The molecule has 2 aliphatic heterocycles. The number of halogens is 1. The summed E-state index contributed by atoms with van der Waals surface area (Å²) in [5.41, 5.74) is 0.169. The van der Waals surface area contributed by atoms with Crippen LogP contribution in [-0.2, 0) is 4.74 Å². The van der Waals surface area contributed by atoms with E-state index in [4.69, 9.17) is 14.2 Å². The van der Waals surface area contributed by atoms with E-state index in [9.17, 15) is 43.4 Å². The summed E-state index contributed by atoms with van der Waals surface area (Å²) in [6.07, 6.45) is 2.97. The van der Waals surface area contributed by atoms with Gasteiger partial charge in [0.2, 0.25) is 0 Å². The zero-order valence-electron chi connectivity index (χ0n) is 29.5. The fourth-order valence-electron chi connectivity index (χ4n) is 6.89. The monoisotopic (exact) mass is 752 g/mol. The van der Waals surface area contributed by atoms with Crippen molar-refractivity contribution in [2.75, 3.05) is 32.9 Å². The van der Waals surface area contributed by atoms with Crippen LogP contribution in [0.5, 0.6) is 23.0 Å². The molecule has 0 radical (unpaired) electrons. The predicted molar refractivity (Wildman–Crippen MR) is 194 cm³/mol. The third kappa shape index (κ3) is 8.09. The lowest BCUT2D eigenvalue weighted by Crippen LogP contribution is -2.52. The number of phenols is 2. The summed E-state index contributed by atoms with van der Waals surface area (Å²) in [5, 5.41) is 21.5. The Labute approximate surface area is 314 Å². The number of phenolic OH excluding ortho intramolecular Hbond substituents is 2. The molecule has 284 valence electrons. The summed E-state index contributed by atoms with van der Waals surface area (Å²) in [4.78, 5) is 77.9. The van der Waals surface area contributed by atoms with Crippen molar-refractivity contribution in [1.29, 1.82) is 0 Å². The minimum absolute atomic E-state index is 0.0283. The molecular weight excluding hydrogens is 715 g/mol. The Bertz CT molecular complexity index is 2120. The number of amides is 2. The number of aldehydes is 4. The first-order valence-electron chi connectivity index (χ1n) is 17.5. The first-order chi connectivity index (χ1) is 26.7. The topological polar surface area (TPSA) is 177 Å². The van der Waals surface area contributed by atoms with Crippen LogP contribution in [0.25, 0.3) is 0 Å². The molecule has 0 aromatic heterocycles. The van der Waals surface area contributed by atoms with Gasteiger partial charge in [0.25, 0.3) is 11.8 Å². The number of carbonyl (C=O) groups excluding carboxylic acids is 6. The highest BCUT2D eigenvalue weighted by Crippen LogP contribution is 2.38. The molecule has 0 bridgehead atoms. The molecule has 0 spiro atoms. The zero-order chi connectivity index (χ0) is 39.1. The van der Waals surface area contributed by atoms with E-state index in [2.05, 4.69) is 0 Å². The standard InChI is InChI=1S/C41H37FN2O11/c42-27-12-11-26(19-46)32(16-27)41(52)43-15-4-3-7-28(43)22-53-37-14-13-31(39(50)34(37)21-48)38-17-44(40(51)30-8-2-1-6-25(30)18-45)29(24-55-38)23-54-36-10-5-9-35(49)33(36)20-47/h1-2,5-6,8-14,16,18-21,28-29,38,49-50H,3-4,7,15,17,22-24H2/t28-,29+,38?/m0/s1. The Morgan fingerprint density at radius 3 is 2.18 bits per heavy atom. The van der Waals surface area contributed by atoms with Gasteiger partial charge in [-0.05, 0) is 67.8 Å². The van der Waals surface area contributed by atoms with Gasteiger partial charge in [-0.15, -0.1) is 0 Å². The number of likely N-dealkylation sites (tertiary alicyclic amines) is 1. The zero-order valence-corrected chi connectivity index (χ0v) is 29.5. The van der Waals surface area contributed by atoms with Crippen LogP contribution in [0, 0.1) is 5.82 Å². The molecule has 1 unspecified atom stereocenters. The van der Waals surface area contributed by atoms with Crippen molar-refractivity contribution in [2.24, 2.45) is 0 Å². The van der Waals surface area contributed by atoms with Crippen molar-refractivity contribution >= 4 is 37.0 Å². The van der Waals surface area contributed by atoms with Crippen LogP contribution in [0.15, 0.2) is 72.8 Å². The van der Waals surface area contributed by atoms with Gasteiger partial charge in [-0.3, -0.25) is 28.8 Å². The molecule has 3 atom stereocenters. The first kappa shape index (κ1) is 38.3. The third-order valence-electron chi connectivity index (χ3n) is 9.83. The highest BCUT2D eigenvalue weighted by molar-refractivity contribution is 6.02. The quantitative estimate of drug-likeness (QED) is 0.171. The van der Waals surface area contributed by atoms with Crippen molar-refractivity contribution in [3.63, 3.8) is 0 Å². The minimum atomic E-state index is -0.951. The second kappa shape index (κ2) is 17.2. The van der Waals surface area contributed by atoms with Gasteiger partial charge in [0.15, 0.2) is 25.1 Å². The lowest BCUT2D eigenvalue weighted by atomic mass is 9.99. The van der Waals surface area contributed by atoms with Gasteiger partial charge in [0, 0.05) is 23.2 Å². The number of hydrogen-bond acceptors (Lipinski definition) is 11. The summed E-state index contributed by atoms with van der Waals surface area (Å²) < 4.78 is 32.1. The van der Waals surface area contributed by atoms with Crippen LogP contribution in [0.4, 0.5) is 4.39 Å². The van der Waals surface area contributed by atoms with Crippen molar-refractivity contribution in [2.45, 2.75) is 37.5 Å². The molecule has 2 saturated heterocycles. The fraction of sp³-hybridized carbons (Fsp3) is 0.268. The lowest BCUT2D eigenvalue weighted by molar-refractivity contribution is -0.0637. The summed E-state index contributed by atoms with van der Waals surface area (Å²) in [7, 11) is 0. The summed E-state index contributed by atoms with van der Waals surface area (Å²) in [6.45, 7) is -0.153. The van der Waals surface area contributed by atoms with Gasteiger partial charge in [-0.25, -0.2) is 4.39 Å². The predicted octanol–water partition coefficient (Wildman–Crippen LogP) is 5.22. The third-order valence-corrected chi connectivity index (χ3v) is 9.83.